The van der Waals surface area contributed by atoms with Crippen molar-refractivity contribution in [1.82, 2.24) is 4.31 Å². The van der Waals surface area contributed by atoms with E-state index in [1.165, 1.54) is 18.2 Å². The van der Waals surface area contributed by atoms with Crippen molar-refractivity contribution in [3.8, 4) is 6.07 Å². The molecule has 5 nitrogen and oxygen atoms in total. The van der Waals surface area contributed by atoms with Crippen LogP contribution < -0.4 is 0 Å². The highest BCUT2D eigenvalue weighted by Gasteiger charge is 2.30. The number of halogens is 1. The summed E-state index contributed by atoms with van der Waals surface area (Å²) in [6.45, 7) is 0.291. The molecule has 1 aliphatic heterocycles. The molecule has 1 saturated heterocycles. The van der Waals surface area contributed by atoms with Crippen LogP contribution in [0.4, 0.5) is 4.39 Å². The third kappa shape index (κ3) is 2.51. The molecular weight excluding hydrogens is 259 g/mol. The third-order valence-electron chi connectivity index (χ3n) is 2.61. The van der Waals surface area contributed by atoms with E-state index >= 15 is 0 Å². The molecule has 0 N–H and O–H groups in total. The van der Waals surface area contributed by atoms with Crippen molar-refractivity contribution in [3.05, 3.63) is 30.1 Å². The predicted octanol–water partition coefficient (Wildman–Crippen LogP) is 0.739. The minimum Gasteiger partial charge on any atom is -0.361 e. The fourth-order valence-corrected chi connectivity index (χ4v) is 3.16. The number of sulfonamides is 1. The number of hydrogen-bond acceptors (Lipinski definition) is 4. The quantitative estimate of drug-likeness (QED) is 0.794. The van der Waals surface area contributed by atoms with E-state index in [1.807, 2.05) is 6.07 Å². The Morgan fingerprint density at radius 2 is 2.28 bits per heavy atom. The molecule has 0 spiro atoms. The summed E-state index contributed by atoms with van der Waals surface area (Å²) in [7, 11) is -3.77. The molecule has 1 aliphatic rings. The van der Waals surface area contributed by atoms with Crippen LogP contribution in [-0.4, -0.2) is 38.5 Å². The smallest absolute Gasteiger partial charge is 0.243 e. The summed E-state index contributed by atoms with van der Waals surface area (Å²) >= 11 is 0. The molecule has 1 atom stereocenters. The van der Waals surface area contributed by atoms with Crippen molar-refractivity contribution in [2.24, 2.45) is 0 Å². The van der Waals surface area contributed by atoms with E-state index in [9.17, 15) is 12.8 Å². The van der Waals surface area contributed by atoms with Gasteiger partial charge in [0.15, 0.2) is 6.10 Å². The van der Waals surface area contributed by atoms with Crippen LogP contribution in [0.5, 0.6) is 0 Å². The first kappa shape index (κ1) is 13.0. The Hall–Kier alpha value is -1.49. The van der Waals surface area contributed by atoms with Gasteiger partial charge in [0.2, 0.25) is 10.0 Å². The van der Waals surface area contributed by atoms with Crippen molar-refractivity contribution >= 4 is 10.0 Å². The highest BCUT2D eigenvalue weighted by molar-refractivity contribution is 7.89. The summed E-state index contributed by atoms with van der Waals surface area (Å²) in [5.74, 6) is -0.610. The van der Waals surface area contributed by atoms with Crippen LogP contribution in [0.1, 0.15) is 0 Å². The normalized spacial score (nSPS) is 21.4. The Kier molecular flexibility index (Phi) is 3.61. The molecule has 18 heavy (non-hydrogen) atoms. The number of nitriles is 1. The van der Waals surface area contributed by atoms with Crippen LogP contribution in [-0.2, 0) is 14.8 Å². The molecular formula is C11H11FN2O3S. The molecule has 1 fully saturated rings. The predicted molar refractivity (Wildman–Crippen MR) is 60.5 cm³/mol. The lowest BCUT2D eigenvalue weighted by molar-refractivity contribution is 0.0311. The van der Waals surface area contributed by atoms with Crippen molar-refractivity contribution in [3.63, 3.8) is 0 Å². The number of nitrogens with zero attached hydrogens (tertiary/aromatic N) is 2. The summed E-state index contributed by atoms with van der Waals surface area (Å²) in [5.41, 5.74) is 0. The Balaban J connectivity index is 2.29. The maximum atomic E-state index is 13.0. The van der Waals surface area contributed by atoms with Crippen LogP contribution in [0, 0.1) is 17.1 Å². The van der Waals surface area contributed by atoms with Crippen molar-refractivity contribution in [2.75, 3.05) is 19.7 Å². The summed E-state index contributed by atoms with van der Waals surface area (Å²) in [6.07, 6.45) is -0.776. The monoisotopic (exact) mass is 270 g/mol. The SMILES string of the molecule is N#CC1CN(S(=O)(=O)c2cccc(F)c2)CCO1. The maximum absolute atomic E-state index is 13.0. The minimum atomic E-state index is -3.77. The lowest BCUT2D eigenvalue weighted by atomic mass is 10.3. The Morgan fingerprint density at radius 1 is 1.50 bits per heavy atom. The van der Waals surface area contributed by atoms with Crippen molar-refractivity contribution < 1.29 is 17.5 Å². The molecule has 0 bridgehead atoms. The summed E-state index contributed by atoms with van der Waals surface area (Å²) < 4.78 is 43.6. The lowest BCUT2D eigenvalue weighted by Crippen LogP contribution is -2.45. The van der Waals surface area contributed by atoms with Gasteiger partial charge in [0.25, 0.3) is 0 Å². The summed E-state index contributed by atoms with van der Waals surface area (Å²) in [4.78, 5) is -0.110. The van der Waals surface area contributed by atoms with Gasteiger partial charge in [-0.1, -0.05) is 6.07 Å². The first-order chi connectivity index (χ1) is 8.54. The molecule has 0 amide bonds. The second-order valence-electron chi connectivity index (χ2n) is 3.81. The van der Waals surface area contributed by atoms with Gasteiger partial charge in [-0.3, -0.25) is 0 Å². The van der Waals surface area contributed by atoms with E-state index in [1.54, 1.807) is 0 Å². The van der Waals surface area contributed by atoms with E-state index in [4.69, 9.17) is 10.00 Å². The van der Waals surface area contributed by atoms with Gasteiger partial charge in [-0.15, -0.1) is 0 Å². The number of ether oxygens (including phenoxy) is 1. The van der Waals surface area contributed by atoms with Gasteiger partial charge in [0.05, 0.1) is 24.1 Å². The van der Waals surface area contributed by atoms with E-state index < -0.39 is 21.9 Å². The molecule has 0 radical (unpaired) electrons. The highest BCUT2D eigenvalue weighted by Crippen LogP contribution is 2.19. The van der Waals surface area contributed by atoms with Gasteiger partial charge in [0, 0.05) is 6.54 Å². The number of morpholine rings is 1. The number of rotatable bonds is 2. The summed E-state index contributed by atoms with van der Waals surface area (Å²) in [5, 5.41) is 8.73. The zero-order valence-electron chi connectivity index (χ0n) is 9.41. The van der Waals surface area contributed by atoms with Gasteiger partial charge in [-0.2, -0.15) is 9.57 Å². The van der Waals surface area contributed by atoms with Crippen LogP contribution in [0.25, 0.3) is 0 Å². The molecule has 1 heterocycles. The standard InChI is InChI=1S/C11H11FN2O3S/c12-9-2-1-3-11(6-9)18(15,16)14-4-5-17-10(7-13)8-14/h1-3,6,10H,4-5,8H2. The Bertz CT molecular complexity index is 582. The van der Waals surface area contributed by atoms with E-state index in [0.717, 1.165) is 10.4 Å². The van der Waals surface area contributed by atoms with Gasteiger partial charge < -0.3 is 4.74 Å². The fraction of sp³-hybridized carbons (Fsp3) is 0.364. The zero-order valence-corrected chi connectivity index (χ0v) is 10.2. The van der Waals surface area contributed by atoms with E-state index in [-0.39, 0.29) is 24.6 Å². The number of benzene rings is 1. The highest BCUT2D eigenvalue weighted by atomic mass is 32.2. The van der Waals surface area contributed by atoms with Gasteiger partial charge in [0.1, 0.15) is 5.82 Å². The lowest BCUT2D eigenvalue weighted by Gasteiger charge is -2.28. The second kappa shape index (κ2) is 5.02. The first-order valence-corrected chi connectivity index (χ1v) is 6.75. The van der Waals surface area contributed by atoms with E-state index in [2.05, 4.69) is 0 Å². The molecule has 0 aliphatic carbocycles. The topological polar surface area (TPSA) is 70.4 Å². The molecule has 0 aromatic heterocycles. The molecule has 2 rings (SSSR count). The number of hydrogen-bond donors (Lipinski definition) is 0. The van der Waals surface area contributed by atoms with Crippen LogP contribution in [0.2, 0.25) is 0 Å². The first-order valence-electron chi connectivity index (χ1n) is 5.31. The molecule has 1 unspecified atom stereocenters. The van der Waals surface area contributed by atoms with E-state index in [0.29, 0.717) is 0 Å². The van der Waals surface area contributed by atoms with Crippen LogP contribution >= 0.6 is 0 Å². The Labute approximate surface area is 104 Å². The van der Waals surface area contributed by atoms with Crippen LogP contribution in [0.15, 0.2) is 29.2 Å². The molecule has 96 valence electrons. The molecule has 1 aromatic carbocycles. The van der Waals surface area contributed by atoms with Crippen molar-refractivity contribution in [1.29, 1.82) is 5.26 Å². The maximum Gasteiger partial charge on any atom is 0.243 e. The summed E-state index contributed by atoms with van der Waals surface area (Å²) in [6, 6.07) is 6.67. The van der Waals surface area contributed by atoms with Crippen molar-refractivity contribution in [2.45, 2.75) is 11.0 Å². The molecule has 1 aromatic rings. The molecule has 7 heteroatoms. The van der Waals surface area contributed by atoms with Gasteiger partial charge >= 0.3 is 0 Å². The largest absolute Gasteiger partial charge is 0.361 e. The molecule has 0 saturated carbocycles. The van der Waals surface area contributed by atoms with Gasteiger partial charge in [-0.05, 0) is 18.2 Å². The second-order valence-corrected chi connectivity index (χ2v) is 5.75. The van der Waals surface area contributed by atoms with Crippen LogP contribution in [0.3, 0.4) is 0 Å². The average molecular weight is 270 g/mol. The minimum absolute atomic E-state index is 0.0324. The fourth-order valence-electron chi connectivity index (χ4n) is 1.70. The van der Waals surface area contributed by atoms with Gasteiger partial charge in [-0.25, -0.2) is 12.8 Å². The zero-order chi connectivity index (χ0) is 13.2. The third-order valence-corrected chi connectivity index (χ3v) is 4.47. The Morgan fingerprint density at radius 3 is 2.94 bits per heavy atom. The average Bonchev–Trinajstić information content (AvgIpc) is 2.39.